The van der Waals surface area contributed by atoms with Gasteiger partial charge in [-0.15, -0.1) is 0 Å². The summed E-state index contributed by atoms with van der Waals surface area (Å²) in [5, 5.41) is 2.38. The number of fused-ring (bicyclic) bond motifs is 2. The number of rotatable bonds is 6. The first-order chi connectivity index (χ1) is 12.8. The van der Waals surface area contributed by atoms with Crippen molar-refractivity contribution in [3.63, 3.8) is 0 Å². The lowest BCUT2D eigenvalue weighted by Crippen LogP contribution is -1.97. The van der Waals surface area contributed by atoms with E-state index in [9.17, 15) is 0 Å². The maximum Gasteiger partial charge on any atom is 0.0926 e. The van der Waals surface area contributed by atoms with E-state index in [4.69, 9.17) is 9.97 Å². The molecule has 2 heterocycles. The average Bonchev–Trinajstić information content (AvgIpc) is 2.70. The van der Waals surface area contributed by atoms with E-state index >= 15 is 0 Å². The second kappa shape index (κ2) is 7.65. The maximum absolute atomic E-state index is 4.99. The SMILES string of the molecule is CCCCCCc1cc2ccccc2nc1-c1ccc2ccccc2n1. The van der Waals surface area contributed by atoms with Crippen LogP contribution in [-0.2, 0) is 6.42 Å². The number of hydrogen-bond donors (Lipinski definition) is 0. The van der Waals surface area contributed by atoms with Gasteiger partial charge in [0.2, 0.25) is 0 Å². The van der Waals surface area contributed by atoms with Gasteiger partial charge in [-0.05, 0) is 42.7 Å². The molecule has 0 bridgehead atoms. The second-order valence-electron chi connectivity index (χ2n) is 6.89. The molecule has 2 nitrogen and oxygen atoms in total. The molecule has 130 valence electrons. The van der Waals surface area contributed by atoms with Crippen LogP contribution in [0.4, 0.5) is 0 Å². The van der Waals surface area contributed by atoms with Gasteiger partial charge in [0.05, 0.1) is 22.4 Å². The predicted molar refractivity (Wildman–Crippen MR) is 110 cm³/mol. The normalized spacial score (nSPS) is 11.3. The summed E-state index contributed by atoms with van der Waals surface area (Å²) in [5.74, 6) is 0. The molecule has 4 rings (SSSR count). The zero-order valence-corrected chi connectivity index (χ0v) is 15.3. The summed E-state index contributed by atoms with van der Waals surface area (Å²) >= 11 is 0. The Morgan fingerprint density at radius 3 is 2.23 bits per heavy atom. The minimum Gasteiger partial charge on any atom is -0.246 e. The molecule has 0 N–H and O–H groups in total. The van der Waals surface area contributed by atoms with Crippen LogP contribution < -0.4 is 0 Å². The lowest BCUT2D eigenvalue weighted by Gasteiger charge is -2.11. The highest BCUT2D eigenvalue weighted by molar-refractivity contribution is 5.85. The van der Waals surface area contributed by atoms with Crippen molar-refractivity contribution in [1.29, 1.82) is 0 Å². The molecule has 0 atom stereocenters. The standard InChI is InChI=1S/C24H24N2/c1-2-3-4-5-12-20-17-19-11-7-9-14-22(19)26-24(20)23-16-15-18-10-6-8-13-21(18)25-23/h6-11,13-17H,2-5,12H2,1H3. The van der Waals surface area contributed by atoms with Gasteiger partial charge < -0.3 is 0 Å². The Morgan fingerprint density at radius 2 is 1.42 bits per heavy atom. The molecule has 0 unspecified atom stereocenters. The number of aromatic nitrogens is 2. The topological polar surface area (TPSA) is 25.8 Å². The molecule has 0 spiro atoms. The smallest absolute Gasteiger partial charge is 0.0926 e. The molecule has 0 aliphatic heterocycles. The lowest BCUT2D eigenvalue weighted by atomic mass is 10.0. The molecule has 0 amide bonds. The van der Waals surface area contributed by atoms with E-state index in [1.54, 1.807) is 0 Å². The van der Waals surface area contributed by atoms with Gasteiger partial charge in [-0.1, -0.05) is 68.7 Å². The lowest BCUT2D eigenvalue weighted by molar-refractivity contribution is 0.667. The third-order valence-corrected chi connectivity index (χ3v) is 4.94. The van der Waals surface area contributed by atoms with Crippen LogP contribution in [0, 0.1) is 0 Å². The van der Waals surface area contributed by atoms with Crippen molar-refractivity contribution in [3.05, 3.63) is 72.3 Å². The number of pyridine rings is 2. The van der Waals surface area contributed by atoms with Gasteiger partial charge in [-0.3, -0.25) is 0 Å². The first-order valence-electron chi connectivity index (χ1n) is 9.60. The average molecular weight is 340 g/mol. The van der Waals surface area contributed by atoms with Crippen molar-refractivity contribution >= 4 is 21.8 Å². The molecule has 26 heavy (non-hydrogen) atoms. The van der Waals surface area contributed by atoms with Crippen molar-refractivity contribution < 1.29 is 0 Å². The van der Waals surface area contributed by atoms with Crippen LogP contribution in [0.5, 0.6) is 0 Å². The van der Waals surface area contributed by atoms with E-state index in [1.165, 1.54) is 42.0 Å². The van der Waals surface area contributed by atoms with Crippen molar-refractivity contribution in [2.45, 2.75) is 39.0 Å². The molecule has 2 heteroatoms. The fourth-order valence-corrected chi connectivity index (χ4v) is 3.51. The Kier molecular flexibility index (Phi) is 4.92. The molecule has 0 radical (unpaired) electrons. The van der Waals surface area contributed by atoms with Gasteiger partial charge in [0, 0.05) is 10.8 Å². The van der Waals surface area contributed by atoms with Crippen LogP contribution in [0.3, 0.4) is 0 Å². The number of aryl methyl sites for hydroxylation is 1. The molecule has 0 saturated carbocycles. The van der Waals surface area contributed by atoms with Crippen molar-refractivity contribution in [3.8, 4) is 11.4 Å². The van der Waals surface area contributed by atoms with E-state index in [0.29, 0.717) is 0 Å². The van der Waals surface area contributed by atoms with E-state index in [0.717, 1.165) is 28.8 Å². The minimum atomic E-state index is 0.972. The zero-order valence-electron chi connectivity index (χ0n) is 15.3. The summed E-state index contributed by atoms with van der Waals surface area (Å²) in [5.41, 5.74) is 5.38. The Hall–Kier alpha value is -2.74. The zero-order chi connectivity index (χ0) is 17.8. The Balaban J connectivity index is 1.79. The number of hydrogen-bond acceptors (Lipinski definition) is 2. The van der Waals surface area contributed by atoms with Gasteiger partial charge in [0.25, 0.3) is 0 Å². The predicted octanol–water partition coefficient (Wildman–Crippen LogP) is 6.57. The summed E-state index contributed by atoms with van der Waals surface area (Å²) in [6, 6.07) is 23.2. The van der Waals surface area contributed by atoms with E-state index in [1.807, 2.05) is 12.1 Å². The van der Waals surface area contributed by atoms with Crippen LogP contribution in [0.25, 0.3) is 33.2 Å². The summed E-state index contributed by atoms with van der Waals surface area (Å²) in [6.07, 6.45) is 6.09. The molecule has 2 aromatic carbocycles. The number of nitrogens with zero attached hydrogens (tertiary/aromatic N) is 2. The minimum absolute atomic E-state index is 0.972. The van der Waals surface area contributed by atoms with E-state index in [2.05, 4.69) is 61.5 Å². The van der Waals surface area contributed by atoms with E-state index < -0.39 is 0 Å². The molecular weight excluding hydrogens is 316 g/mol. The highest BCUT2D eigenvalue weighted by atomic mass is 14.8. The summed E-state index contributed by atoms with van der Waals surface area (Å²) in [6.45, 7) is 2.25. The highest BCUT2D eigenvalue weighted by Crippen LogP contribution is 2.27. The number of benzene rings is 2. The molecule has 4 aromatic rings. The summed E-state index contributed by atoms with van der Waals surface area (Å²) in [4.78, 5) is 9.88. The number of para-hydroxylation sites is 2. The second-order valence-corrected chi connectivity index (χ2v) is 6.89. The maximum atomic E-state index is 4.99. The first kappa shape index (κ1) is 16.7. The number of unbranched alkanes of at least 4 members (excludes halogenated alkanes) is 3. The molecular formula is C24H24N2. The third kappa shape index (κ3) is 3.45. The third-order valence-electron chi connectivity index (χ3n) is 4.94. The molecule has 0 aliphatic carbocycles. The Labute approximate surface area is 154 Å². The van der Waals surface area contributed by atoms with Gasteiger partial charge in [0.15, 0.2) is 0 Å². The molecule has 2 aromatic heterocycles. The van der Waals surface area contributed by atoms with Crippen LogP contribution in [0.15, 0.2) is 66.7 Å². The fraction of sp³-hybridized carbons (Fsp3) is 0.250. The van der Waals surface area contributed by atoms with Gasteiger partial charge in [-0.2, -0.15) is 0 Å². The largest absolute Gasteiger partial charge is 0.246 e. The van der Waals surface area contributed by atoms with Gasteiger partial charge in [0.1, 0.15) is 0 Å². The summed E-state index contributed by atoms with van der Waals surface area (Å²) in [7, 11) is 0. The van der Waals surface area contributed by atoms with Gasteiger partial charge >= 0.3 is 0 Å². The Morgan fingerprint density at radius 1 is 0.692 bits per heavy atom. The van der Waals surface area contributed by atoms with Crippen molar-refractivity contribution in [2.75, 3.05) is 0 Å². The molecule has 0 saturated heterocycles. The van der Waals surface area contributed by atoms with Crippen LogP contribution >= 0.6 is 0 Å². The Bertz CT molecular complexity index is 1040. The van der Waals surface area contributed by atoms with Crippen LogP contribution in [0.1, 0.15) is 38.2 Å². The van der Waals surface area contributed by atoms with E-state index in [-0.39, 0.29) is 0 Å². The van der Waals surface area contributed by atoms with Crippen LogP contribution in [0.2, 0.25) is 0 Å². The molecule has 0 fully saturated rings. The van der Waals surface area contributed by atoms with Gasteiger partial charge in [-0.25, -0.2) is 9.97 Å². The van der Waals surface area contributed by atoms with Crippen molar-refractivity contribution in [2.24, 2.45) is 0 Å². The van der Waals surface area contributed by atoms with Crippen molar-refractivity contribution in [1.82, 2.24) is 9.97 Å². The first-order valence-corrected chi connectivity index (χ1v) is 9.60. The van der Waals surface area contributed by atoms with Crippen LogP contribution in [-0.4, -0.2) is 9.97 Å². The molecule has 0 aliphatic rings. The monoisotopic (exact) mass is 340 g/mol. The quantitative estimate of drug-likeness (QED) is 0.371. The summed E-state index contributed by atoms with van der Waals surface area (Å²) < 4.78 is 0. The highest BCUT2D eigenvalue weighted by Gasteiger charge is 2.11. The fourth-order valence-electron chi connectivity index (χ4n) is 3.51.